The zero-order chi connectivity index (χ0) is 17.1. The highest BCUT2D eigenvalue weighted by Crippen LogP contribution is 2.36. The Morgan fingerprint density at radius 2 is 2.17 bits per heavy atom. The quantitative estimate of drug-likeness (QED) is 0.855. The molecule has 2 heterocycles. The van der Waals surface area contributed by atoms with Crippen LogP contribution in [0.4, 0.5) is 5.00 Å². The van der Waals surface area contributed by atoms with Crippen molar-refractivity contribution in [2.75, 3.05) is 25.2 Å². The number of primary amides is 1. The molecule has 1 aliphatic heterocycles. The summed E-state index contributed by atoms with van der Waals surface area (Å²) in [6.45, 7) is 1.16. The lowest BCUT2D eigenvalue weighted by Gasteiger charge is -2.15. The molecular formula is C17H18ClN3O2S. The van der Waals surface area contributed by atoms with Crippen LogP contribution in [0.1, 0.15) is 15.2 Å². The highest BCUT2D eigenvalue weighted by molar-refractivity contribution is 7.18. The topological polar surface area (TPSA) is 58.8 Å². The summed E-state index contributed by atoms with van der Waals surface area (Å²) in [5, 5.41) is 1.64. The third kappa shape index (κ3) is 3.66. The second kappa shape index (κ2) is 7.15. The maximum Gasteiger partial charge on any atom is 0.262 e. The molecule has 7 heteroatoms. The normalized spacial score (nSPS) is 13.6. The van der Waals surface area contributed by atoms with Crippen LogP contribution in [0.5, 0.6) is 5.75 Å². The number of anilines is 1. The average Bonchev–Trinajstić information content (AvgIpc) is 3.15. The molecule has 5 nitrogen and oxygen atoms in total. The number of nitrogens with zero attached hydrogens (tertiary/aromatic N) is 2. The minimum absolute atomic E-state index is 0.427. The van der Waals surface area contributed by atoms with Crippen LogP contribution in [0.15, 0.2) is 42.7 Å². The monoisotopic (exact) mass is 363 g/mol. The summed E-state index contributed by atoms with van der Waals surface area (Å²) in [6, 6.07) is 9.51. The van der Waals surface area contributed by atoms with E-state index in [1.165, 1.54) is 11.3 Å². The first-order chi connectivity index (χ1) is 11.5. The zero-order valence-electron chi connectivity index (χ0n) is 13.2. The first-order valence-corrected chi connectivity index (χ1v) is 8.69. The lowest BCUT2D eigenvalue weighted by molar-refractivity contribution is 0.100. The molecule has 0 fully saturated rings. The van der Waals surface area contributed by atoms with Crippen molar-refractivity contribution in [3.63, 3.8) is 0 Å². The third-order valence-electron chi connectivity index (χ3n) is 3.66. The van der Waals surface area contributed by atoms with Crippen LogP contribution in [0, 0.1) is 0 Å². The van der Waals surface area contributed by atoms with Gasteiger partial charge in [-0.05, 0) is 11.6 Å². The lowest BCUT2D eigenvalue weighted by atomic mass is 10.2. The average molecular weight is 364 g/mol. The van der Waals surface area contributed by atoms with E-state index in [0.717, 1.165) is 17.2 Å². The first-order valence-electron chi connectivity index (χ1n) is 7.49. The standard InChI is InChI=1S/C17H18ClN3O2S/c1-20-7-8-21(11-20)15-10-14(16(24-15)17(19)22)23-9-6-12-4-2-3-5-13(12)18/h2-5,7-8,10H,6,9,11H2,1H3,(H2,19,22). The zero-order valence-corrected chi connectivity index (χ0v) is 14.8. The van der Waals surface area contributed by atoms with Crippen molar-refractivity contribution in [3.05, 3.63) is 58.2 Å². The van der Waals surface area contributed by atoms with Gasteiger partial charge in [0.25, 0.3) is 5.91 Å². The number of carbonyl (C=O) groups excluding carboxylic acids is 1. The summed E-state index contributed by atoms with van der Waals surface area (Å²) in [5.74, 6) is 0.0491. The van der Waals surface area contributed by atoms with E-state index in [-0.39, 0.29) is 0 Å². The van der Waals surface area contributed by atoms with E-state index in [0.29, 0.717) is 28.7 Å². The molecule has 1 amide bonds. The van der Waals surface area contributed by atoms with Gasteiger partial charge in [-0.2, -0.15) is 0 Å². The number of nitrogens with two attached hydrogens (primary N) is 1. The molecule has 24 heavy (non-hydrogen) atoms. The Morgan fingerprint density at radius 3 is 2.83 bits per heavy atom. The lowest BCUT2D eigenvalue weighted by Crippen LogP contribution is -2.20. The fourth-order valence-electron chi connectivity index (χ4n) is 2.43. The van der Waals surface area contributed by atoms with E-state index < -0.39 is 5.91 Å². The Balaban J connectivity index is 1.70. The van der Waals surface area contributed by atoms with Crippen molar-refractivity contribution in [2.24, 2.45) is 5.73 Å². The van der Waals surface area contributed by atoms with Gasteiger partial charge in [0.15, 0.2) is 0 Å². The second-order valence-corrected chi connectivity index (χ2v) is 6.94. The molecule has 0 radical (unpaired) electrons. The van der Waals surface area contributed by atoms with E-state index in [4.69, 9.17) is 22.1 Å². The fraction of sp³-hybridized carbons (Fsp3) is 0.235. The van der Waals surface area contributed by atoms with Crippen LogP contribution in [-0.2, 0) is 6.42 Å². The predicted octanol–water partition coefficient (Wildman–Crippen LogP) is 3.30. The molecule has 0 spiro atoms. The van der Waals surface area contributed by atoms with Gasteiger partial charge in [-0.15, -0.1) is 11.3 Å². The highest BCUT2D eigenvalue weighted by atomic mass is 35.5. The van der Waals surface area contributed by atoms with Crippen molar-refractivity contribution in [3.8, 4) is 5.75 Å². The Hall–Kier alpha value is -2.18. The number of hydrogen-bond donors (Lipinski definition) is 1. The van der Waals surface area contributed by atoms with Gasteiger partial charge in [0.1, 0.15) is 15.6 Å². The van der Waals surface area contributed by atoms with E-state index in [9.17, 15) is 4.79 Å². The van der Waals surface area contributed by atoms with Crippen LogP contribution >= 0.6 is 22.9 Å². The maximum atomic E-state index is 11.7. The van der Waals surface area contributed by atoms with Crippen molar-refractivity contribution >= 4 is 33.8 Å². The molecule has 0 saturated heterocycles. The van der Waals surface area contributed by atoms with Crippen LogP contribution < -0.4 is 15.4 Å². The van der Waals surface area contributed by atoms with Crippen molar-refractivity contribution in [1.82, 2.24) is 4.90 Å². The molecule has 1 aromatic carbocycles. The number of rotatable bonds is 6. The molecule has 0 unspecified atom stereocenters. The smallest absolute Gasteiger partial charge is 0.262 e. The molecule has 0 aliphatic carbocycles. The Kier molecular flexibility index (Phi) is 4.97. The number of carbonyl (C=O) groups is 1. The molecule has 2 N–H and O–H groups in total. The van der Waals surface area contributed by atoms with Gasteiger partial charge in [-0.25, -0.2) is 0 Å². The Bertz CT molecular complexity index is 775. The van der Waals surface area contributed by atoms with Crippen molar-refractivity contribution in [1.29, 1.82) is 0 Å². The first kappa shape index (κ1) is 16.7. The minimum atomic E-state index is -0.476. The van der Waals surface area contributed by atoms with Gasteiger partial charge >= 0.3 is 0 Å². The molecule has 3 rings (SSSR count). The molecule has 1 aromatic heterocycles. The largest absolute Gasteiger partial charge is 0.491 e. The molecule has 0 bridgehead atoms. The third-order valence-corrected chi connectivity index (χ3v) is 5.19. The minimum Gasteiger partial charge on any atom is -0.491 e. The number of ether oxygens (including phenoxy) is 1. The van der Waals surface area contributed by atoms with E-state index in [1.807, 2.05) is 59.6 Å². The fourth-order valence-corrected chi connectivity index (χ4v) is 3.59. The number of hydrogen-bond acceptors (Lipinski definition) is 5. The van der Waals surface area contributed by atoms with Crippen LogP contribution in [0.25, 0.3) is 0 Å². The van der Waals surface area contributed by atoms with Gasteiger partial charge in [-0.3, -0.25) is 4.79 Å². The van der Waals surface area contributed by atoms with Crippen LogP contribution in [-0.4, -0.2) is 31.1 Å². The Morgan fingerprint density at radius 1 is 1.38 bits per heavy atom. The SMILES string of the molecule is CN1C=CN(c2cc(OCCc3ccccc3Cl)c(C(N)=O)s2)C1. The molecule has 2 aromatic rings. The molecule has 0 saturated carbocycles. The summed E-state index contributed by atoms with van der Waals surface area (Å²) in [4.78, 5) is 16.2. The summed E-state index contributed by atoms with van der Waals surface area (Å²) < 4.78 is 5.81. The van der Waals surface area contributed by atoms with Gasteiger partial charge in [0, 0.05) is 37.0 Å². The molecular weight excluding hydrogens is 346 g/mol. The van der Waals surface area contributed by atoms with E-state index >= 15 is 0 Å². The van der Waals surface area contributed by atoms with Crippen LogP contribution in [0.3, 0.4) is 0 Å². The van der Waals surface area contributed by atoms with Gasteiger partial charge < -0.3 is 20.3 Å². The number of amides is 1. The predicted molar refractivity (Wildman–Crippen MR) is 97.7 cm³/mol. The summed E-state index contributed by atoms with van der Waals surface area (Å²) in [5.41, 5.74) is 6.50. The number of benzene rings is 1. The van der Waals surface area contributed by atoms with Gasteiger partial charge in [0.2, 0.25) is 0 Å². The summed E-state index contributed by atoms with van der Waals surface area (Å²) in [6.07, 6.45) is 4.60. The molecule has 126 valence electrons. The van der Waals surface area contributed by atoms with Crippen molar-refractivity contribution in [2.45, 2.75) is 6.42 Å². The maximum absolute atomic E-state index is 11.7. The molecule has 0 atom stereocenters. The Labute approximate surface area is 149 Å². The second-order valence-electron chi connectivity index (χ2n) is 5.50. The number of halogens is 1. The van der Waals surface area contributed by atoms with Gasteiger partial charge in [0.05, 0.1) is 13.3 Å². The summed E-state index contributed by atoms with van der Waals surface area (Å²) in [7, 11) is 1.99. The van der Waals surface area contributed by atoms with Crippen molar-refractivity contribution < 1.29 is 9.53 Å². The highest BCUT2D eigenvalue weighted by Gasteiger charge is 2.20. The molecule has 1 aliphatic rings. The van der Waals surface area contributed by atoms with Crippen LogP contribution in [0.2, 0.25) is 5.02 Å². The van der Waals surface area contributed by atoms with E-state index in [2.05, 4.69) is 0 Å². The summed E-state index contributed by atoms with van der Waals surface area (Å²) >= 11 is 7.48. The van der Waals surface area contributed by atoms with Gasteiger partial charge in [-0.1, -0.05) is 29.8 Å². The number of thiophene rings is 1. The van der Waals surface area contributed by atoms with E-state index in [1.54, 1.807) is 0 Å².